The van der Waals surface area contributed by atoms with Crippen molar-refractivity contribution in [3.05, 3.63) is 36.0 Å². The second-order valence-corrected chi connectivity index (χ2v) is 27.1. The summed E-state index contributed by atoms with van der Waals surface area (Å²) in [7, 11) is 1.62. The van der Waals surface area contributed by atoms with Crippen LogP contribution >= 0.6 is 0 Å². The first-order valence-corrected chi connectivity index (χ1v) is 35.4. The molecule has 0 radical (unpaired) electrons. The highest BCUT2D eigenvalue weighted by atomic mass is 16.5. The molecule has 3 rings (SSSR count). The lowest BCUT2D eigenvalue weighted by Crippen LogP contribution is -2.64. The zero-order chi connectivity index (χ0) is 84.5. The number of carboxylic acid groups (broad SMARTS) is 4. The molecule has 15 amide bonds. The molecule has 44 nitrogen and oxygen atoms in total. The van der Waals surface area contributed by atoms with Crippen LogP contribution in [0.3, 0.4) is 0 Å². The number of likely N-dealkylation sites (N-methyl/N-ethyl adjacent to an activating group) is 1. The van der Waals surface area contributed by atoms with Crippen molar-refractivity contribution in [1.29, 1.82) is 0 Å². The second-order valence-electron chi connectivity index (χ2n) is 27.1. The maximum atomic E-state index is 14.9. The highest BCUT2D eigenvalue weighted by Gasteiger charge is 2.43. The number of aromatic nitrogens is 1. The Morgan fingerprint density at radius 2 is 1.21 bits per heavy atom. The number of nitrogens with zero attached hydrogens (tertiary/aromatic N) is 1. The number of nitrogens with two attached hydrogens (primary N) is 2. The maximum Gasteiger partial charge on any atom is 0.335 e. The summed E-state index contributed by atoms with van der Waals surface area (Å²) in [6, 6.07) is -16.4. The van der Waals surface area contributed by atoms with Crippen molar-refractivity contribution in [3.8, 4) is 0 Å². The lowest BCUT2D eigenvalue weighted by Gasteiger charge is -2.32. The van der Waals surface area contributed by atoms with E-state index < -0.39 is 267 Å². The van der Waals surface area contributed by atoms with Gasteiger partial charge in [0.25, 0.3) is 0 Å². The van der Waals surface area contributed by atoms with Crippen molar-refractivity contribution in [2.24, 2.45) is 23.3 Å². The minimum Gasteiger partial charge on any atom is -0.481 e. The number of fused-ring (bicyclic) bond motifs is 1. The lowest BCUT2D eigenvalue weighted by atomic mass is 10.0. The second kappa shape index (κ2) is 45.9. The van der Waals surface area contributed by atoms with Crippen molar-refractivity contribution >= 4 is 129 Å². The lowest BCUT2D eigenvalue weighted by molar-refractivity contribution is -0.159. The Kier molecular flexibility index (Phi) is 38.6. The number of nitrogens with one attached hydrogen (secondary N) is 13. The Balaban J connectivity index is 2.24. The summed E-state index contributed by atoms with van der Waals surface area (Å²) in [5.74, 6) is -30.0. The average Bonchev–Trinajstić information content (AvgIpc) is 1.59. The normalized spacial score (nSPS) is 22.0. The van der Waals surface area contributed by atoms with Gasteiger partial charge in [-0.1, -0.05) is 71.6 Å². The molecule has 2 heterocycles. The molecule has 2 aromatic rings. The van der Waals surface area contributed by atoms with Gasteiger partial charge in [0, 0.05) is 56.9 Å². The van der Waals surface area contributed by atoms with E-state index in [1.165, 1.54) is 13.8 Å². The number of hydrogen-bond donors (Lipinski definition) is 21. The number of aromatic amines is 1. The molecule has 0 bridgehead atoms. The van der Waals surface area contributed by atoms with Gasteiger partial charge >= 0.3 is 29.8 Å². The van der Waals surface area contributed by atoms with Gasteiger partial charge in [0.15, 0.2) is 12.2 Å². The molecule has 1 aromatic heterocycles. The van der Waals surface area contributed by atoms with E-state index in [4.69, 9.17) is 20.9 Å². The number of benzene rings is 1. The van der Waals surface area contributed by atoms with Gasteiger partial charge in [-0.2, -0.15) is 0 Å². The SMILES string of the molecule is COC(C(=O)O)C1NC(=O)C(CO)NC(=O)C(CC(=O)O)NC(=O)C(C)NC(=O)CN(C)C(=O)C(NC(=O)C(NC(=O)C(CCC(=O)O)NC(=O)C(Cc2c[nH]c3ccccc23)NC(=O)CCCCCCC(C)C)C(O)C(N)=O)C(C)OC(=O)C(C(C)C)NC(=O)C(CCC(=O)O)NC(=O)C(CC(N)=O)NC(=O)CNC1=O. The number of carbonyl (C=O) groups excluding carboxylic acids is 16. The first kappa shape index (κ1) is 94.2. The van der Waals surface area contributed by atoms with Crippen molar-refractivity contribution in [2.75, 3.05) is 33.9 Å². The molecule has 14 unspecified atom stereocenters. The molecule has 23 N–H and O–H groups in total. The number of amides is 15. The summed E-state index contributed by atoms with van der Waals surface area (Å²) in [5.41, 5.74) is 12.0. The van der Waals surface area contributed by atoms with Crippen LogP contribution < -0.4 is 75.3 Å². The number of carbonyl (C=O) groups is 20. The summed E-state index contributed by atoms with van der Waals surface area (Å²) in [5, 5.41) is 86.7. The molecule has 0 aliphatic carbocycles. The molecule has 620 valence electrons. The number of cyclic esters (lactones) is 1. The predicted octanol–water partition coefficient (Wildman–Crippen LogP) is -7.75. The largest absolute Gasteiger partial charge is 0.481 e. The number of methoxy groups -OCH3 is 1. The number of primary amides is 2. The highest BCUT2D eigenvalue weighted by molar-refractivity contribution is 6.02. The number of aliphatic hydroxyl groups is 2. The molecule has 1 aliphatic rings. The number of esters is 1. The highest BCUT2D eigenvalue weighted by Crippen LogP contribution is 2.21. The van der Waals surface area contributed by atoms with Gasteiger partial charge in [-0.15, -0.1) is 0 Å². The molecule has 0 spiro atoms. The van der Waals surface area contributed by atoms with Crippen LogP contribution in [-0.2, 0) is 112 Å². The number of aliphatic hydroxyl groups excluding tert-OH is 2. The molecule has 14 atom stereocenters. The third-order valence-corrected chi connectivity index (χ3v) is 17.2. The van der Waals surface area contributed by atoms with Crippen LogP contribution in [-0.4, -0.2) is 278 Å². The van der Waals surface area contributed by atoms with Crippen molar-refractivity contribution in [2.45, 2.75) is 210 Å². The number of para-hydroxylation sites is 1. The number of H-pyrrole nitrogens is 1. The standard InChI is InChI=1S/C68H100N16O28/c1-30(2)15-11-9-10-12-18-44(87)74-39(23-34-26-71-36-17-14-13-16-35(34)36)60(101)76-38(20-22-48(92)93)59(100)82-52(54(96)56(70)97)65(106)81-51-33(6)112-68(110)50(31(3)4)80-58(99)37(19-21-47(90)91)77-61(102)40(24-43(69)86)75-45(88)27-72-64(105)53(55(111-8)67(108)109)83-63(104)42(29-85)79-62(103)41(25-49(94)95)78-57(98)32(5)73-46(89)28-84(7)66(51)107/h13-14,16-17,26,30-33,37-42,50-55,71,85,96H,9-12,15,18-25,27-29H2,1-8H3,(H2,69,86)(H2,70,97)(H,72,105)(H,73,89)(H,74,87)(H,75,88)(H,76,101)(H,77,102)(H,78,98)(H,79,103)(H,80,99)(H,81,106)(H,82,100)(H,83,104)(H,90,91)(H,92,93)(H,94,95)(H,108,109). The van der Waals surface area contributed by atoms with Gasteiger partial charge in [-0.05, 0) is 56.6 Å². The van der Waals surface area contributed by atoms with E-state index in [1.54, 1.807) is 30.5 Å². The summed E-state index contributed by atoms with van der Waals surface area (Å²) in [6.45, 7) is 4.79. The fraction of sp³-hybridized carbons (Fsp3) is 0.588. The van der Waals surface area contributed by atoms with E-state index >= 15 is 0 Å². The zero-order valence-corrected chi connectivity index (χ0v) is 62.7. The number of unbranched alkanes of at least 4 members (excludes halogenated alkanes) is 3. The molecule has 0 saturated carbocycles. The van der Waals surface area contributed by atoms with Crippen LogP contribution in [0.25, 0.3) is 10.9 Å². The Morgan fingerprint density at radius 3 is 1.79 bits per heavy atom. The number of rotatable bonds is 33. The zero-order valence-electron chi connectivity index (χ0n) is 62.7. The van der Waals surface area contributed by atoms with Gasteiger partial charge in [0.2, 0.25) is 88.6 Å². The van der Waals surface area contributed by atoms with Crippen LogP contribution in [0.2, 0.25) is 0 Å². The van der Waals surface area contributed by atoms with Crippen molar-refractivity contribution in [1.82, 2.24) is 73.7 Å². The van der Waals surface area contributed by atoms with Crippen LogP contribution in [0.4, 0.5) is 0 Å². The minimum atomic E-state index is -2.81. The predicted molar refractivity (Wildman–Crippen MR) is 383 cm³/mol. The number of aliphatic carboxylic acids is 4. The Morgan fingerprint density at radius 1 is 0.625 bits per heavy atom. The molecular formula is C68H100N16O28. The Bertz CT molecular complexity index is 3770. The Labute approximate surface area is 639 Å². The van der Waals surface area contributed by atoms with E-state index in [-0.39, 0.29) is 12.8 Å². The summed E-state index contributed by atoms with van der Waals surface area (Å²) < 4.78 is 10.5. The third kappa shape index (κ3) is 31.2. The monoisotopic (exact) mass is 1590 g/mol. The fourth-order valence-electron chi connectivity index (χ4n) is 11.1. The summed E-state index contributed by atoms with van der Waals surface area (Å²) in [4.78, 5) is 274. The quantitative estimate of drug-likeness (QED) is 0.0233. The van der Waals surface area contributed by atoms with Crippen LogP contribution in [0, 0.1) is 11.8 Å². The van der Waals surface area contributed by atoms with Crippen LogP contribution in [0.1, 0.15) is 124 Å². The van der Waals surface area contributed by atoms with E-state index in [9.17, 15) is 127 Å². The molecule has 112 heavy (non-hydrogen) atoms. The first-order chi connectivity index (χ1) is 52.5. The maximum absolute atomic E-state index is 14.9. The molecule has 1 aliphatic heterocycles. The molecule has 1 fully saturated rings. The minimum absolute atomic E-state index is 0.0314. The fourth-order valence-corrected chi connectivity index (χ4v) is 11.1. The molecule has 44 heteroatoms. The first-order valence-electron chi connectivity index (χ1n) is 35.4. The smallest absolute Gasteiger partial charge is 0.335 e. The number of carboxylic acids is 4. The van der Waals surface area contributed by atoms with Gasteiger partial charge in [-0.25, -0.2) is 9.59 Å². The topological polar surface area (TPSA) is 697 Å². The van der Waals surface area contributed by atoms with Gasteiger partial charge in [-0.3, -0.25) is 86.3 Å². The molecule has 1 aromatic carbocycles. The van der Waals surface area contributed by atoms with E-state index in [0.29, 0.717) is 40.1 Å². The van der Waals surface area contributed by atoms with E-state index in [2.05, 4.69) is 50.7 Å². The Hall–Kier alpha value is -12.0. The van der Waals surface area contributed by atoms with Crippen molar-refractivity contribution < 1.29 is 136 Å². The van der Waals surface area contributed by atoms with E-state index in [0.717, 1.165) is 47.3 Å². The number of ether oxygens (including phenoxy) is 2. The van der Waals surface area contributed by atoms with Gasteiger partial charge in [0.05, 0.1) is 32.5 Å². The van der Waals surface area contributed by atoms with Crippen LogP contribution in [0.5, 0.6) is 0 Å². The van der Waals surface area contributed by atoms with Crippen LogP contribution in [0.15, 0.2) is 30.5 Å². The number of hydrogen-bond acceptors (Lipinski definition) is 24. The summed E-state index contributed by atoms with van der Waals surface area (Å²) in [6.07, 6.45) is -7.95. The summed E-state index contributed by atoms with van der Waals surface area (Å²) >= 11 is 0. The average molecular weight is 1590 g/mol. The van der Waals surface area contributed by atoms with Crippen molar-refractivity contribution in [3.63, 3.8) is 0 Å². The molecular weight excluding hydrogens is 1490 g/mol. The van der Waals surface area contributed by atoms with Gasteiger partial charge in [0.1, 0.15) is 72.6 Å². The molecule has 1 saturated heterocycles. The van der Waals surface area contributed by atoms with Gasteiger partial charge < -0.3 is 125 Å². The van der Waals surface area contributed by atoms with E-state index in [1.807, 2.05) is 31.9 Å². The third-order valence-electron chi connectivity index (χ3n) is 17.2.